The third-order valence-electron chi connectivity index (χ3n) is 4.45. The molecule has 150 valence electrons. The Morgan fingerprint density at radius 3 is 2.75 bits per heavy atom. The molecule has 1 saturated heterocycles. The van der Waals surface area contributed by atoms with E-state index in [0.717, 1.165) is 19.5 Å². The molecule has 2 aliphatic rings. The van der Waals surface area contributed by atoms with E-state index in [1.165, 1.54) is 18.4 Å². The Bertz CT molecular complexity index is 774. The van der Waals surface area contributed by atoms with Gasteiger partial charge in [-0.1, -0.05) is 35.4 Å². The molecular formula is C22H27ClN2O3. The van der Waals surface area contributed by atoms with Gasteiger partial charge in [0.15, 0.2) is 0 Å². The average molecular weight is 403 g/mol. The van der Waals surface area contributed by atoms with Crippen molar-refractivity contribution in [2.24, 2.45) is 0 Å². The van der Waals surface area contributed by atoms with Gasteiger partial charge in [0.1, 0.15) is 35.9 Å². The smallest absolute Gasteiger partial charge is 0.138 e. The lowest BCUT2D eigenvalue weighted by Gasteiger charge is -2.19. The Labute approximate surface area is 171 Å². The van der Waals surface area contributed by atoms with Gasteiger partial charge in [-0.2, -0.15) is 5.26 Å². The van der Waals surface area contributed by atoms with Crippen molar-refractivity contribution in [3.05, 3.63) is 64.4 Å². The molecule has 0 saturated carbocycles. The lowest BCUT2D eigenvalue weighted by molar-refractivity contribution is 0.0757. The van der Waals surface area contributed by atoms with Crippen LogP contribution in [0.4, 0.5) is 0 Å². The second-order valence-corrected chi connectivity index (χ2v) is 7.32. The van der Waals surface area contributed by atoms with E-state index in [2.05, 4.69) is 4.90 Å². The lowest BCUT2D eigenvalue weighted by Crippen LogP contribution is -2.33. The molecule has 1 aliphatic carbocycles. The third kappa shape index (κ3) is 7.40. The van der Waals surface area contributed by atoms with E-state index in [1.807, 2.05) is 25.1 Å². The fourth-order valence-electron chi connectivity index (χ4n) is 2.95. The van der Waals surface area contributed by atoms with E-state index in [4.69, 9.17) is 26.7 Å². The zero-order valence-corrected chi connectivity index (χ0v) is 16.9. The van der Waals surface area contributed by atoms with E-state index >= 15 is 0 Å². The number of benzene rings is 1. The molecule has 0 radical (unpaired) electrons. The first-order valence-electron chi connectivity index (χ1n) is 9.44. The molecule has 0 amide bonds. The third-order valence-corrected chi connectivity index (χ3v) is 4.77. The van der Waals surface area contributed by atoms with Crippen LogP contribution in [0.5, 0.6) is 5.75 Å². The lowest BCUT2D eigenvalue weighted by atomic mass is 10.2. The molecule has 0 spiro atoms. The molecule has 1 unspecified atom stereocenters. The molecule has 1 heterocycles. The van der Waals surface area contributed by atoms with Crippen LogP contribution in [-0.4, -0.2) is 47.5 Å². The zero-order chi connectivity index (χ0) is 20.4. The number of aliphatic hydroxyl groups is 2. The van der Waals surface area contributed by atoms with Gasteiger partial charge in [-0.05, 0) is 63.6 Å². The minimum absolute atomic E-state index is 0.172. The first-order chi connectivity index (χ1) is 13.5. The highest BCUT2D eigenvalue weighted by Gasteiger charge is 2.17. The highest BCUT2D eigenvalue weighted by molar-refractivity contribution is 6.31. The van der Waals surface area contributed by atoms with Gasteiger partial charge in [0.05, 0.1) is 5.02 Å². The zero-order valence-electron chi connectivity index (χ0n) is 16.1. The molecule has 5 nitrogen and oxygen atoms in total. The number of hydrogen-bond acceptors (Lipinski definition) is 5. The highest BCUT2D eigenvalue weighted by atomic mass is 35.5. The molecule has 0 aromatic heterocycles. The molecule has 2 N–H and O–H groups in total. The summed E-state index contributed by atoms with van der Waals surface area (Å²) in [6.07, 6.45) is 10.1. The fraction of sp³-hybridized carbons (Fsp3) is 0.409. The van der Waals surface area contributed by atoms with E-state index in [1.54, 1.807) is 30.4 Å². The molecule has 6 heteroatoms. The van der Waals surface area contributed by atoms with Gasteiger partial charge >= 0.3 is 0 Å². The Hall–Kier alpha value is -2.26. The standard InChI is InChI=1S/C14H17ClN2O2.C8H10O/c15-13-4-3-5-14(12(13)8-16)19-10-11(18)9-17-6-1-2-7-17;1-7-3-2-4-8(9)6-5-7/h3-5,11,18H,1-2,6-7,9-10H2;2,4-6,9H,3H2,1H3. The van der Waals surface area contributed by atoms with Gasteiger partial charge in [-0.3, -0.25) is 0 Å². The van der Waals surface area contributed by atoms with Crippen LogP contribution in [0.1, 0.15) is 31.7 Å². The second-order valence-electron chi connectivity index (χ2n) is 6.91. The summed E-state index contributed by atoms with van der Waals surface area (Å²) in [6, 6.07) is 7.07. The molecule has 1 fully saturated rings. The van der Waals surface area contributed by atoms with Gasteiger partial charge < -0.3 is 19.8 Å². The second kappa shape index (κ2) is 11.6. The Kier molecular flexibility index (Phi) is 9.09. The molecule has 3 rings (SSSR count). The first kappa shape index (κ1) is 22.0. The number of halogens is 1. The maximum Gasteiger partial charge on any atom is 0.138 e. The SMILES string of the molecule is CC1=CC=C(O)C=CC1.N#Cc1c(Cl)cccc1OCC(O)CN1CCCC1. The summed E-state index contributed by atoms with van der Waals surface area (Å²) in [7, 11) is 0. The van der Waals surface area contributed by atoms with E-state index < -0.39 is 6.10 Å². The van der Waals surface area contributed by atoms with Crippen LogP contribution in [0.3, 0.4) is 0 Å². The van der Waals surface area contributed by atoms with Crippen molar-refractivity contribution >= 4 is 11.6 Å². The van der Waals surface area contributed by atoms with E-state index in [0.29, 0.717) is 28.6 Å². The number of nitrogens with zero attached hydrogens (tertiary/aromatic N) is 2. The van der Waals surface area contributed by atoms with Crippen LogP contribution in [0.25, 0.3) is 0 Å². The quantitative estimate of drug-likeness (QED) is 0.764. The summed E-state index contributed by atoms with van der Waals surface area (Å²) in [5.74, 6) is 0.766. The van der Waals surface area contributed by atoms with Crippen LogP contribution in [0.2, 0.25) is 5.02 Å². The maximum absolute atomic E-state index is 9.92. The van der Waals surface area contributed by atoms with Gasteiger partial charge in [0.2, 0.25) is 0 Å². The van der Waals surface area contributed by atoms with Gasteiger partial charge in [-0.25, -0.2) is 0 Å². The summed E-state index contributed by atoms with van der Waals surface area (Å²) in [6.45, 7) is 4.91. The van der Waals surface area contributed by atoms with Crippen molar-refractivity contribution in [2.75, 3.05) is 26.2 Å². The fourth-order valence-corrected chi connectivity index (χ4v) is 3.16. The monoisotopic (exact) mass is 402 g/mol. The van der Waals surface area contributed by atoms with Crippen molar-refractivity contribution in [1.29, 1.82) is 5.26 Å². The Morgan fingerprint density at radius 2 is 2.04 bits per heavy atom. The highest BCUT2D eigenvalue weighted by Crippen LogP contribution is 2.25. The number of ether oxygens (including phenoxy) is 1. The molecule has 1 aromatic rings. The summed E-state index contributed by atoms with van der Waals surface area (Å²) in [5, 5.41) is 28.2. The number of allylic oxidation sites excluding steroid dienone is 5. The molecule has 28 heavy (non-hydrogen) atoms. The van der Waals surface area contributed by atoms with Gasteiger partial charge in [0.25, 0.3) is 0 Å². The summed E-state index contributed by atoms with van der Waals surface area (Å²) >= 11 is 5.91. The van der Waals surface area contributed by atoms with Crippen molar-refractivity contribution in [2.45, 2.75) is 32.3 Å². The maximum atomic E-state index is 9.92. The number of rotatable bonds is 5. The summed E-state index contributed by atoms with van der Waals surface area (Å²) in [5.41, 5.74) is 1.59. The molecule has 1 aliphatic heterocycles. The molecule has 0 bridgehead atoms. The van der Waals surface area contributed by atoms with Crippen molar-refractivity contribution < 1.29 is 14.9 Å². The van der Waals surface area contributed by atoms with Gasteiger partial charge in [-0.15, -0.1) is 0 Å². The van der Waals surface area contributed by atoms with Crippen molar-refractivity contribution in [3.63, 3.8) is 0 Å². The molecule has 1 atom stereocenters. The number of β-amino-alcohol motifs (C(OH)–C–C–N with tert-alkyl or cyclic N) is 1. The van der Waals surface area contributed by atoms with Gasteiger partial charge in [0, 0.05) is 6.54 Å². The normalized spacial score (nSPS) is 17.5. The van der Waals surface area contributed by atoms with E-state index in [9.17, 15) is 5.11 Å². The topological polar surface area (TPSA) is 76.7 Å². The summed E-state index contributed by atoms with van der Waals surface area (Å²) < 4.78 is 5.50. The van der Waals surface area contributed by atoms with Crippen molar-refractivity contribution in [1.82, 2.24) is 4.90 Å². The number of hydrogen-bond donors (Lipinski definition) is 2. The van der Waals surface area contributed by atoms with Crippen LogP contribution >= 0.6 is 11.6 Å². The van der Waals surface area contributed by atoms with Crippen molar-refractivity contribution in [3.8, 4) is 11.8 Å². The number of nitriles is 1. The predicted molar refractivity (Wildman–Crippen MR) is 112 cm³/mol. The Balaban J connectivity index is 0.000000261. The largest absolute Gasteiger partial charge is 0.508 e. The van der Waals surface area contributed by atoms with E-state index in [-0.39, 0.29) is 6.61 Å². The van der Waals surface area contributed by atoms with Crippen LogP contribution in [0, 0.1) is 11.3 Å². The van der Waals surface area contributed by atoms with Crippen LogP contribution in [-0.2, 0) is 0 Å². The van der Waals surface area contributed by atoms with Crippen LogP contribution in [0.15, 0.2) is 53.8 Å². The molecular weight excluding hydrogens is 376 g/mol. The predicted octanol–water partition coefficient (Wildman–Crippen LogP) is 4.38. The first-order valence-corrected chi connectivity index (χ1v) is 9.82. The average Bonchev–Trinajstić information content (AvgIpc) is 3.10. The van der Waals surface area contributed by atoms with Crippen LogP contribution < -0.4 is 4.74 Å². The number of likely N-dealkylation sites (tertiary alicyclic amines) is 1. The number of aliphatic hydroxyl groups excluding tert-OH is 2. The minimum atomic E-state index is -0.552. The summed E-state index contributed by atoms with van der Waals surface area (Å²) in [4.78, 5) is 2.22. The minimum Gasteiger partial charge on any atom is -0.508 e. The molecule has 1 aromatic carbocycles. The Morgan fingerprint density at radius 1 is 1.29 bits per heavy atom.